The van der Waals surface area contributed by atoms with Gasteiger partial charge in [0.15, 0.2) is 0 Å². The molecule has 0 aliphatic heterocycles. The predicted octanol–water partition coefficient (Wildman–Crippen LogP) is 4.72. The Balaban J connectivity index is 1.71. The molecule has 3 aromatic rings. The maximum absolute atomic E-state index is 11.4. The number of benzene rings is 2. The lowest BCUT2D eigenvalue weighted by atomic mass is 9.86. The van der Waals surface area contributed by atoms with Crippen molar-refractivity contribution in [2.24, 2.45) is 0 Å². The van der Waals surface area contributed by atoms with Gasteiger partial charge < -0.3 is 15.2 Å². The Kier molecular flexibility index (Phi) is 7.39. The minimum Gasteiger partial charge on any atom is -0.491 e. The Bertz CT molecular complexity index is 1210. The molecule has 1 aromatic heterocycles. The Morgan fingerprint density at radius 2 is 1.94 bits per heavy atom. The molecule has 0 saturated heterocycles. The average Bonchev–Trinajstić information content (AvgIpc) is 2.99. The highest BCUT2D eigenvalue weighted by atomic mass is 32.1. The summed E-state index contributed by atoms with van der Waals surface area (Å²) in [5.41, 5.74) is 3.80. The molecule has 8 heteroatoms. The van der Waals surface area contributed by atoms with Gasteiger partial charge in [-0.1, -0.05) is 39.0 Å². The van der Waals surface area contributed by atoms with Crippen LogP contribution in [0.25, 0.3) is 5.69 Å². The van der Waals surface area contributed by atoms with Crippen LogP contribution >= 0.6 is 12.2 Å². The van der Waals surface area contributed by atoms with E-state index in [1.807, 2.05) is 48.7 Å². The van der Waals surface area contributed by atoms with Gasteiger partial charge >= 0.3 is 0 Å². The molecule has 7 nitrogen and oxygen atoms in total. The third-order valence-corrected chi connectivity index (χ3v) is 5.68. The monoisotopic (exact) mass is 468 g/mol. The second-order valence-corrected chi connectivity index (χ2v) is 9.64. The van der Waals surface area contributed by atoms with Gasteiger partial charge in [0.25, 0.3) is 0 Å². The van der Waals surface area contributed by atoms with E-state index >= 15 is 0 Å². The molecule has 176 valence electrons. The molecule has 1 atom stereocenters. The Morgan fingerprint density at radius 1 is 1.21 bits per heavy atom. The fourth-order valence-electron chi connectivity index (χ4n) is 3.57. The largest absolute Gasteiger partial charge is 0.491 e. The van der Waals surface area contributed by atoms with E-state index in [9.17, 15) is 9.90 Å². The van der Waals surface area contributed by atoms with Crippen LogP contribution in [-0.4, -0.2) is 38.1 Å². The number of aryl methyl sites for hydroxylation is 2. The molecule has 0 aliphatic rings. The summed E-state index contributed by atoms with van der Waals surface area (Å²) in [7, 11) is 0. The van der Waals surface area contributed by atoms with Crippen molar-refractivity contribution in [3.05, 3.63) is 64.2 Å². The molecule has 3 rings (SSSR count). The van der Waals surface area contributed by atoms with Crippen molar-refractivity contribution in [3.63, 3.8) is 0 Å². The summed E-state index contributed by atoms with van der Waals surface area (Å²) >= 11 is 5.62. The quantitative estimate of drug-likeness (QED) is 0.491. The van der Waals surface area contributed by atoms with Gasteiger partial charge in [0.05, 0.1) is 12.2 Å². The summed E-state index contributed by atoms with van der Waals surface area (Å²) in [6.07, 6.45) is -0.785. The first-order valence-electron chi connectivity index (χ1n) is 10.9. The van der Waals surface area contributed by atoms with E-state index < -0.39 is 6.10 Å². The van der Waals surface area contributed by atoms with Crippen LogP contribution in [0.4, 0.5) is 5.69 Å². The van der Waals surface area contributed by atoms with Gasteiger partial charge in [-0.15, -0.1) is 0 Å². The first-order valence-corrected chi connectivity index (χ1v) is 11.3. The van der Waals surface area contributed by atoms with E-state index in [1.54, 1.807) is 4.68 Å². The zero-order valence-electron chi connectivity index (χ0n) is 20.0. The highest BCUT2D eigenvalue weighted by molar-refractivity contribution is 7.71. The SMILES string of the molecule is CC(=O)Nc1cccc(-n2c(C)nn(CC(O)COc3ccc(C(C)(C)C)cc3C)c2=S)c1. The Hall–Kier alpha value is -2.97. The number of aliphatic hydroxyl groups is 1. The number of aromatic nitrogens is 3. The predicted molar refractivity (Wildman–Crippen MR) is 133 cm³/mol. The van der Waals surface area contributed by atoms with Crippen LogP contribution in [0.1, 0.15) is 44.6 Å². The van der Waals surface area contributed by atoms with Crippen molar-refractivity contribution in [2.45, 2.75) is 59.6 Å². The van der Waals surface area contributed by atoms with Gasteiger partial charge in [0.2, 0.25) is 10.7 Å². The molecule has 0 spiro atoms. The number of carbonyl (C=O) groups is 1. The minimum absolute atomic E-state index is 0.0671. The average molecular weight is 469 g/mol. The Labute approximate surface area is 200 Å². The normalized spacial score (nSPS) is 12.5. The fourth-order valence-corrected chi connectivity index (χ4v) is 3.93. The minimum atomic E-state index is -0.785. The number of hydrogen-bond donors (Lipinski definition) is 2. The smallest absolute Gasteiger partial charge is 0.221 e. The van der Waals surface area contributed by atoms with Crippen LogP contribution in [0.2, 0.25) is 0 Å². The van der Waals surface area contributed by atoms with Gasteiger partial charge in [-0.3, -0.25) is 9.36 Å². The number of hydrogen-bond acceptors (Lipinski definition) is 5. The van der Waals surface area contributed by atoms with E-state index in [0.29, 0.717) is 16.3 Å². The van der Waals surface area contributed by atoms with Crippen molar-refractivity contribution in [1.29, 1.82) is 0 Å². The van der Waals surface area contributed by atoms with Crippen LogP contribution in [0.15, 0.2) is 42.5 Å². The molecule has 0 saturated carbocycles. The molecule has 0 bridgehead atoms. The van der Waals surface area contributed by atoms with Crippen molar-refractivity contribution < 1.29 is 14.6 Å². The molecule has 2 aromatic carbocycles. The summed E-state index contributed by atoms with van der Waals surface area (Å²) in [5.74, 6) is 1.29. The number of nitrogens with one attached hydrogen (secondary N) is 1. The number of amides is 1. The van der Waals surface area contributed by atoms with E-state index in [0.717, 1.165) is 17.0 Å². The van der Waals surface area contributed by atoms with Gasteiger partial charge in [-0.25, -0.2) is 4.68 Å². The third kappa shape index (κ3) is 6.09. The van der Waals surface area contributed by atoms with Gasteiger partial charge in [0, 0.05) is 12.6 Å². The molecule has 1 amide bonds. The summed E-state index contributed by atoms with van der Waals surface area (Å²) in [6.45, 7) is 12.2. The molecule has 1 heterocycles. The van der Waals surface area contributed by atoms with E-state index in [1.165, 1.54) is 12.5 Å². The number of carbonyl (C=O) groups excluding carboxylic acids is 1. The van der Waals surface area contributed by atoms with Crippen molar-refractivity contribution in [1.82, 2.24) is 14.3 Å². The van der Waals surface area contributed by atoms with Crippen LogP contribution < -0.4 is 10.1 Å². The van der Waals surface area contributed by atoms with Crippen molar-refractivity contribution in [2.75, 3.05) is 11.9 Å². The number of nitrogens with zero attached hydrogens (tertiary/aromatic N) is 3. The molecule has 0 aliphatic carbocycles. The number of anilines is 1. The lowest BCUT2D eigenvalue weighted by molar-refractivity contribution is -0.114. The van der Waals surface area contributed by atoms with Crippen molar-refractivity contribution in [3.8, 4) is 11.4 Å². The second kappa shape index (κ2) is 9.89. The summed E-state index contributed by atoms with van der Waals surface area (Å²) in [6, 6.07) is 13.5. The number of rotatable bonds is 7. The lowest BCUT2D eigenvalue weighted by Gasteiger charge is -2.21. The maximum atomic E-state index is 11.4. The topological polar surface area (TPSA) is 81.3 Å². The maximum Gasteiger partial charge on any atom is 0.221 e. The first kappa shape index (κ1) is 24.7. The molecule has 2 N–H and O–H groups in total. The summed E-state index contributed by atoms with van der Waals surface area (Å²) in [5, 5.41) is 17.9. The highest BCUT2D eigenvalue weighted by Gasteiger charge is 2.17. The highest BCUT2D eigenvalue weighted by Crippen LogP contribution is 2.27. The van der Waals surface area contributed by atoms with Gasteiger partial charge in [-0.2, -0.15) is 5.10 Å². The zero-order chi connectivity index (χ0) is 24.3. The van der Waals surface area contributed by atoms with Crippen LogP contribution in [0.5, 0.6) is 5.75 Å². The van der Waals surface area contributed by atoms with Gasteiger partial charge in [0.1, 0.15) is 24.3 Å². The third-order valence-electron chi connectivity index (χ3n) is 5.28. The number of aliphatic hydroxyl groups excluding tert-OH is 1. The van der Waals surface area contributed by atoms with E-state index in [2.05, 4.69) is 43.3 Å². The summed E-state index contributed by atoms with van der Waals surface area (Å²) in [4.78, 5) is 11.4. The molecule has 0 fully saturated rings. The standard InChI is InChI=1S/C25H32N4O3S/c1-16-12-19(25(4,5)6)10-11-23(16)32-15-22(31)14-28-24(33)29(17(2)27-28)21-9-7-8-20(13-21)26-18(3)30/h7-13,22,31H,14-15H2,1-6H3,(H,26,30). The molecule has 0 radical (unpaired) electrons. The molecule has 1 unspecified atom stereocenters. The van der Waals surface area contributed by atoms with Gasteiger partial charge in [-0.05, 0) is 66.9 Å². The van der Waals surface area contributed by atoms with Crippen molar-refractivity contribution >= 4 is 23.8 Å². The lowest BCUT2D eigenvalue weighted by Crippen LogP contribution is -2.24. The van der Waals surface area contributed by atoms with Crippen LogP contribution in [0, 0.1) is 18.6 Å². The van der Waals surface area contributed by atoms with Crippen LogP contribution in [-0.2, 0) is 16.8 Å². The molecular weight excluding hydrogens is 436 g/mol. The van der Waals surface area contributed by atoms with Crippen LogP contribution in [0.3, 0.4) is 0 Å². The number of ether oxygens (including phenoxy) is 1. The zero-order valence-corrected chi connectivity index (χ0v) is 20.9. The van der Waals surface area contributed by atoms with E-state index in [4.69, 9.17) is 17.0 Å². The summed E-state index contributed by atoms with van der Waals surface area (Å²) < 4.78 is 9.74. The first-order chi connectivity index (χ1) is 15.5. The molecular formula is C25H32N4O3S. The molecule has 33 heavy (non-hydrogen) atoms. The van der Waals surface area contributed by atoms with E-state index in [-0.39, 0.29) is 24.5 Å². The second-order valence-electron chi connectivity index (χ2n) is 9.27. The Morgan fingerprint density at radius 3 is 2.58 bits per heavy atom. The fraction of sp³-hybridized carbons (Fsp3) is 0.400.